The zero-order valence-electron chi connectivity index (χ0n) is 16.1. The van der Waals surface area contributed by atoms with Crippen LogP contribution in [0.3, 0.4) is 0 Å². The van der Waals surface area contributed by atoms with E-state index in [2.05, 4.69) is 0 Å². The summed E-state index contributed by atoms with van der Waals surface area (Å²) in [5, 5.41) is 14.3. The van der Waals surface area contributed by atoms with Crippen molar-refractivity contribution in [2.75, 3.05) is 0 Å². The Kier molecular flexibility index (Phi) is 4.53. The van der Waals surface area contributed by atoms with E-state index in [4.69, 9.17) is 4.74 Å². The van der Waals surface area contributed by atoms with Crippen LogP contribution in [0.25, 0.3) is 21.5 Å². The molecule has 0 unspecified atom stereocenters. The van der Waals surface area contributed by atoms with Gasteiger partial charge in [-0.2, -0.15) is 0 Å². The van der Waals surface area contributed by atoms with Crippen LogP contribution in [0.4, 0.5) is 0 Å². The van der Waals surface area contributed by atoms with Crippen molar-refractivity contribution in [3.8, 4) is 5.75 Å². The van der Waals surface area contributed by atoms with Gasteiger partial charge in [-0.15, -0.1) is 0 Å². The molecular formula is C23H26O3. The molecule has 0 aliphatic rings. The van der Waals surface area contributed by atoms with Gasteiger partial charge in [0, 0.05) is 10.8 Å². The van der Waals surface area contributed by atoms with Gasteiger partial charge in [0.2, 0.25) is 0 Å². The second-order valence-electron chi connectivity index (χ2n) is 7.98. The number of hydrogen-bond donors (Lipinski definition) is 1. The fourth-order valence-electron chi connectivity index (χ4n) is 3.23. The van der Waals surface area contributed by atoms with Gasteiger partial charge >= 0.3 is 5.97 Å². The quantitative estimate of drug-likeness (QED) is 0.380. The summed E-state index contributed by atoms with van der Waals surface area (Å²) in [5.41, 5.74) is -0.736. The summed E-state index contributed by atoms with van der Waals surface area (Å²) >= 11 is 0. The second kappa shape index (κ2) is 6.40. The van der Waals surface area contributed by atoms with Crippen molar-refractivity contribution >= 4 is 27.5 Å². The number of carbonyl (C=O) groups excluding carboxylic acids is 1. The molecule has 0 radical (unpaired) electrons. The maximum absolute atomic E-state index is 12.8. The van der Waals surface area contributed by atoms with Crippen molar-refractivity contribution in [3.05, 3.63) is 54.1 Å². The van der Waals surface area contributed by atoms with Gasteiger partial charge in [-0.3, -0.25) is 4.79 Å². The molecule has 0 saturated heterocycles. The van der Waals surface area contributed by atoms with Crippen molar-refractivity contribution in [3.63, 3.8) is 0 Å². The summed E-state index contributed by atoms with van der Waals surface area (Å²) in [5.74, 6) is 0.321. The molecule has 0 heterocycles. The number of esters is 1. The highest BCUT2D eigenvalue weighted by atomic mass is 16.5. The number of ether oxygens (including phenoxy) is 1. The molecule has 0 atom stereocenters. The normalized spacial score (nSPS) is 12.5. The van der Waals surface area contributed by atoms with Gasteiger partial charge in [-0.25, -0.2) is 0 Å². The molecule has 3 heteroatoms. The predicted molar refractivity (Wildman–Crippen MR) is 106 cm³/mol. The first-order chi connectivity index (χ1) is 12.2. The predicted octanol–water partition coefficient (Wildman–Crippen LogP) is 5.56. The van der Waals surface area contributed by atoms with Crippen molar-refractivity contribution in [2.45, 2.75) is 46.6 Å². The zero-order chi connectivity index (χ0) is 19.1. The van der Waals surface area contributed by atoms with E-state index in [1.165, 1.54) is 0 Å². The van der Waals surface area contributed by atoms with Crippen molar-refractivity contribution < 1.29 is 14.6 Å². The minimum Gasteiger partial charge on any atom is -0.425 e. The van der Waals surface area contributed by atoms with Crippen LogP contribution in [0.2, 0.25) is 0 Å². The van der Waals surface area contributed by atoms with Gasteiger partial charge < -0.3 is 9.84 Å². The summed E-state index contributed by atoms with van der Waals surface area (Å²) in [7, 11) is 0. The molecule has 136 valence electrons. The second-order valence-corrected chi connectivity index (χ2v) is 7.98. The number of hydrogen-bond acceptors (Lipinski definition) is 3. The summed E-state index contributed by atoms with van der Waals surface area (Å²) in [4.78, 5) is 12.8. The van der Waals surface area contributed by atoms with Crippen LogP contribution in [-0.2, 0) is 10.4 Å². The Labute approximate surface area is 154 Å². The zero-order valence-corrected chi connectivity index (χ0v) is 16.1. The molecule has 1 N–H and O–H groups in total. The van der Waals surface area contributed by atoms with Gasteiger partial charge in [-0.05, 0) is 50.5 Å². The standard InChI is InChI=1S/C23H26O3/c1-6-22(2,3)21(24)26-20-17-13-9-7-11-15(17)19(23(4,5)25)16-12-8-10-14-18(16)20/h7-14,25H,6H2,1-5H3. The monoisotopic (exact) mass is 350 g/mol. The summed E-state index contributed by atoms with van der Waals surface area (Å²) < 4.78 is 5.94. The Bertz CT molecular complexity index is 921. The molecule has 0 aliphatic heterocycles. The Hall–Kier alpha value is -2.39. The lowest BCUT2D eigenvalue weighted by molar-refractivity contribution is -0.143. The molecule has 3 nitrogen and oxygen atoms in total. The molecule has 3 rings (SSSR count). The molecule has 0 fully saturated rings. The highest BCUT2D eigenvalue weighted by molar-refractivity contribution is 6.10. The molecule has 0 aliphatic carbocycles. The lowest BCUT2D eigenvalue weighted by Crippen LogP contribution is -2.28. The average Bonchev–Trinajstić information content (AvgIpc) is 2.60. The topological polar surface area (TPSA) is 46.5 Å². The van der Waals surface area contributed by atoms with E-state index in [-0.39, 0.29) is 5.97 Å². The first kappa shape index (κ1) is 18.4. The largest absolute Gasteiger partial charge is 0.425 e. The molecular weight excluding hydrogens is 324 g/mol. The molecule has 0 bridgehead atoms. The first-order valence-electron chi connectivity index (χ1n) is 9.05. The molecule has 0 saturated carbocycles. The minimum atomic E-state index is -1.02. The van der Waals surface area contributed by atoms with Crippen LogP contribution < -0.4 is 4.74 Å². The molecule has 3 aromatic rings. The van der Waals surface area contributed by atoms with Crippen LogP contribution in [0.1, 0.15) is 46.6 Å². The number of fused-ring (bicyclic) bond motifs is 2. The molecule has 26 heavy (non-hydrogen) atoms. The minimum absolute atomic E-state index is 0.244. The van der Waals surface area contributed by atoms with Crippen LogP contribution in [0, 0.1) is 5.41 Å². The van der Waals surface area contributed by atoms with Crippen LogP contribution in [0.5, 0.6) is 5.75 Å². The summed E-state index contributed by atoms with van der Waals surface area (Å²) in [6.07, 6.45) is 0.698. The van der Waals surface area contributed by atoms with Gasteiger partial charge in [0.1, 0.15) is 5.75 Å². The van der Waals surface area contributed by atoms with Crippen molar-refractivity contribution in [1.82, 2.24) is 0 Å². The van der Waals surface area contributed by atoms with E-state index in [0.717, 1.165) is 27.1 Å². The maximum Gasteiger partial charge on any atom is 0.316 e. The fourth-order valence-corrected chi connectivity index (χ4v) is 3.23. The average molecular weight is 350 g/mol. The number of carbonyl (C=O) groups is 1. The maximum atomic E-state index is 12.8. The molecule has 3 aromatic carbocycles. The summed E-state index contributed by atoms with van der Waals surface area (Å²) in [6.45, 7) is 9.34. The number of aliphatic hydroxyl groups is 1. The lowest BCUT2D eigenvalue weighted by atomic mass is 9.86. The van der Waals surface area contributed by atoms with Crippen LogP contribution in [-0.4, -0.2) is 11.1 Å². The fraction of sp³-hybridized carbons (Fsp3) is 0.348. The van der Waals surface area contributed by atoms with E-state index in [1.54, 1.807) is 13.8 Å². The van der Waals surface area contributed by atoms with Gasteiger partial charge in [0.05, 0.1) is 11.0 Å². The highest BCUT2D eigenvalue weighted by Gasteiger charge is 2.30. The van der Waals surface area contributed by atoms with E-state index in [0.29, 0.717) is 12.2 Å². The molecule has 0 spiro atoms. The van der Waals surface area contributed by atoms with Gasteiger partial charge in [0.25, 0.3) is 0 Å². The third-order valence-electron chi connectivity index (χ3n) is 5.13. The number of rotatable bonds is 4. The van der Waals surface area contributed by atoms with Crippen molar-refractivity contribution in [1.29, 1.82) is 0 Å². The first-order valence-corrected chi connectivity index (χ1v) is 9.05. The molecule has 0 aromatic heterocycles. The molecule has 0 amide bonds. The Morgan fingerprint density at radius 2 is 1.31 bits per heavy atom. The summed E-state index contributed by atoms with van der Waals surface area (Å²) in [6, 6.07) is 15.6. The SMILES string of the molecule is CCC(C)(C)C(=O)Oc1c2ccccc2c(C(C)(C)O)c2ccccc12. The van der Waals surface area contributed by atoms with Crippen LogP contribution >= 0.6 is 0 Å². The van der Waals surface area contributed by atoms with E-state index < -0.39 is 11.0 Å². The van der Waals surface area contributed by atoms with E-state index in [9.17, 15) is 9.90 Å². The third-order valence-corrected chi connectivity index (χ3v) is 5.13. The Morgan fingerprint density at radius 3 is 1.69 bits per heavy atom. The van der Waals surface area contributed by atoms with E-state index >= 15 is 0 Å². The lowest BCUT2D eigenvalue weighted by Gasteiger charge is -2.26. The number of benzene rings is 3. The van der Waals surface area contributed by atoms with Crippen molar-refractivity contribution in [2.24, 2.45) is 5.41 Å². The van der Waals surface area contributed by atoms with Gasteiger partial charge in [0.15, 0.2) is 0 Å². The smallest absolute Gasteiger partial charge is 0.316 e. The Balaban J connectivity index is 2.38. The Morgan fingerprint density at radius 1 is 0.885 bits per heavy atom. The van der Waals surface area contributed by atoms with Gasteiger partial charge in [-0.1, -0.05) is 55.5 Å². The third kappa shape index (κ3) is 3.08. The highest BCUT2D eigenvalue weighted by Crippen LogP contribution is 2.43. The van der Waals surface area contributed by atoms with Crippen LogP contribution in [0.15, 0.2) is 48.5 Å². The van der Waals surface area contributed by atoms with E-state index in [1.807, 2.05) is 69.3 Å².